The van der Waals surface area contributed by atoms with Gasteiger partial charge in [-0.25, -0.2) is 0 Å². The molecule has 1 aromatic rings. The Kier molecular flexibility index (Phi) is 3.13. The van der Waals surface area contributed by atoms with Crippen molar-refractivity contribution in [2.45, 2.75) is 40.7 Å². The van der Waals surface area contributed by atoms with E-state index >= 15 is 0 Å². The highest BCUT2D eigenvalue weighted by Crippen LogP contribution is 2.63. The maximum Gasteiger partial charge on any atom is 0.322 e. The molecule has 0 saturated heterocycles. The van der Waals surface area contributed by atoms with Gasteiger partial charge < -0.3 is 10.1 Å². The third kappa shape index (κ3) is 2.11. The van der Waals surface area contributed by atoms with Crippen molar-refractivity contribution in [2.75, 3.05) is 11.9 Å². The molecule has 1 heterocycles. The summed E-state index contributed by atoms with van der Waals surface area (Å²) in [7, 11) is 0. The molecule has 1 aliphatic rings. The van der Waals surface area contributed by atoms with Gasteiger partial charge >= 0.3 is 6.01 Å². The summed E-state index contributed by atoms with van der Waals surface area (Å²) in [6.45, 7) is 11.2. The Balaban J connectivity index is 2.16. The lowest BCUT2D eigenvalue weighted by Crippen LogP contribution is -2.14. The van der Waals surface area contributed by atoms with Crippen LogP contribution in [-0.2, 0) is 0 Å². The Bertz CT molecular complexity index is 447. The van der Waals surface area contributed by atoms with Crippen molar-refractivity contribution in [3.63, 3.8) is 0 Å². The number of hydrogen-bond donors (Lipinski definition) is 1. The average Bonchev–Trinajstić information content (AvgIpc) is 2.60. The van der Waals surface area contributed by atoms with E-state index < -0.39 is 0 Å². The standard InChI is InChI=1S/C12H19ClN4O/c1-6-18-10-16-8(13)15-9(17-10)14-7-11(2,3)12(7,4)5/h7H,6H2,1-5H3,(H,14,15,16,17). The van der Waals surface area contributed by atoms with Gasteiger partial charge in [0.05, 0.1) is 6.61 Å². The van der Waals surface area contributed by atoms with Crippen molar-refractivity contribution in [1.29, 1.82) is 0 Å². The average molecular weight is 271 g/mol. The van der Waals surface area contributed by atoms with Crippen LogP contribution in [-0.4, -0.2) is 27.6 Å². The third-order valence-electron chi connectivity index (χ3n) is 4.16. The number of halogens is 1. The molecule has 0 aliphatic heterocycles. The number of nitrogens with zero attached hydrogens (tertiary/aromatic N) is 3. The molecule has 5 nitrogen and oxygen atoms in total. The van der Waals surface area contributed by atoms with Crippen molar-refractivity contribution in [1.82, 2.24) is 15.0 Å². The lowest BCUT2D eigenvalue weighted by molar-refractivity contribution is 0.312. The Morgan fingerprint density at radius 1 is 1.17 bits per heavy atom. The van der Waals surface area contributed by atoms with Crippen molar-refractivity contribution >= 4 is 17.5 Å². The molecule has 1 N–H and O–H groups in total. The summed E-state index contributed by atoms with van der Waals surface area (Å²) in [6, 6.07) is 0.578. The second-order valence-corrected chi connectivity index (χ2v) is 6.00. The summed E-state index contributed by atoms with van der Waals surface area (Å²) in [4.78, 5) is 12.2. The number of rotatable bonds is 4. The molecule has 0 spiro atoms. The minimum absolute atomic E-state index is 0.146. The van der Waals surface area contributed by atoms with Crippen molar-refractivity contribution in [2.24, 2.45) is 10.8 Å². The summed E-state index contributed by atoms with van der Waals surface area (Å²) in [5.74, 6) is 0.474. The molecule has 1 fully saturated rings. The van der Waals surface area contributed by atoms with Crippen molar-refractivity contribution in [3.8, 4) is 6.01 Å². The first-order valence-electron chi connectivity index (χ1n) is 6.10. The topological polar surface area (TPSA) is 59.9 Å². The Hall–Kier alpha value is -1.10. The third-order valence-corrected chi connectivity index (χ3v) is 4.32. The fourth-order valence-electron chi connectivity index (χ4n) is 2.28. The van der Waals surface area contributed by atoms with Gasteiger partial charge in [-0.15, -0.1) is 0 Å². The first-order chi connectivity index (χ1) is 8.29. The van der Waals surface area contributed by atoms with Crippen molar-refractivity contribution < 1.29 is 4.74 Å². The van der Waals surface area contributed by atoms with E-state index in [0.29, 0.717) is 18.6 Å². The van der Waals surface area contributed by atoms with Gasteiger partial charge in [0.15, 0.2) is 0 Å². The van der Waals surface area contributed by atoms with Gasteiger partial charge in [-0.3, -0.25) is 0 Å². The van der Waals surface area contributed by atoms with Crippen LogP contribution in [0.2, 0.25) is 5.28 Å². The van der Waals surface area contributed by atoms with Gasteiger partial charge in [-0.2, -0.15) is 15.0 Å². The second-order valence-electron chi connectivity index (χ2n) is 5.66. The lowest BCUT2D eigenvalue weighted by atomic mass is 10.0. The molecule has 100 valence electrons. The maximum atomic E-state index is 5.85. The summed E-state index contributed by atoms with van der Waals surface area (Å²) < 4.78 is 5.25. The smallest absolute Gasteiger partial charge is 0.322 e. The summed E-state index contributed by atoms with van der Waals surface area (Å²) >= 11 is 5.85. The zero-order valence-corrected chi connectivity index (χ0v) is 12.2. The van der Waals surface area contributed by atoms with Crippen LogP contribution >= 0.6 is 11.6 Å². The Morgan fingerprint density at radius 2 is 1.78 bits per heavy atom. The zero-order valence-electron chi connectivity index (χ0n) is 11.4. The lowest BCUT2D eigenvalue weighted by Gasteiger charge is -2.08. The molecule has 1 saturated carbocycles. The monoisotopic (exact) mass is 270 g/mol. The van der Waals surface area contributed by atoms with Crippen LogP contribution in [0.25, 0.3) is 0 Å². The molecule has 0 aromatic carbocycles. The van der Waals surface area contributed by atoms with Gasteiger partial charge in [0.1, 0.15) is 0 Å². The minimum Gasteiger partial charge on any atom is -0.464 e. The molecular formula is C12H19ClN4O. The van der Waals surface area contributed by atoms with E-state index in [1.165, 1.54) is 0 Å². The van der Waals surface area contributed by atoms with Gasteiger partial charge in [-0.1, -0.05) is 27.7 Å². The highest BCUT2D eigenvalue weighted by atomic mass is 35.5. The molecule has 0 unspecified atom stereocenters. The Morgan fingerprint density at radius 3 is 2.28 bits per heavy atom. The fourth-order valence-corrected chi connectivity index (χ4v) is 2.43. The molecule has 2 rings (SSSR count). The number of anilines is 1. The summed E-state index contributed by atoms with van der Waals surface area (Å²) in [5, 5.41) is 3.45. The Labute approximate surface area is 112 Å². The van der Waals surface area contributed by atoms with Crippen LogP contribution in [0, 0.1) is 10.8 Å². The summed E-state index contributed by atoms with van der Waals surface area (Å²) in [6.07, 6.45) is 0. The normalized spacial score (nSPS) is 20.6. The second kappa shape index (κ2) is 4.23. The van der Waals surface area contributed by atoms with E-state index in [1.54, 1.807) is 0 Å². The van der Waals surface area contributed by atoms with E-state index in [1.807, 2.05) is 6.92 Å². The maximum absolute atomic E-state index is 5.85. The van der Waals surface area contributed by atoms with Crippen LogP contribution in [0.5, 0.6) is 6.01 Å². The van der Waals surface area contributed by atoms with E-state index in [2.05, 4.69) is 48.0 Å². The number of ether oxygens (including phenoxy) is 1. The van der Waals surface area contributed by atoms with Gasteiger partial charge in [0.2, 0.25) is 11.2 Å². The minimum atomic E-state index is 0.146. The molecule has 0 amide bonds. The first-order valence-corrected chi connectivity index (χ1v) is 6.47. The van der Waals surface area contributed by atoms with Gasteiger partial charge in [0, 0.05) is 6.04 Å². The number of nitrogens with one attached hydrogen (secondary N) is 1. The number of aromatic nitrogens is 3. The van der Waals surface area contributed by atoms with Crippen LogP contribution in [0.4, 0.5) is 5.95 Å². The van der Waals surface area contributed by atoms with Crippen molar-refractivity contribution in [3.05, 3.63) is 5.28 Å². The van der Waals surface area contributed by atoms with Crippen LogP contribution in [0.15, 0.2) is 0 Å². The molecule has 1 aromatic heterocycles. The largest absolute Gasteiger partial charge is 0.464 e. The molecule has 0 atom stereocenters. The van der Waals surface area contributed by atoms with Crippen LogP contribution < -0.4 is 10.1 Å². The highest BCUT2D eigenvalue weighted by molar-refractivity contribution is 6.28. The summed E-state index contributed by atoms with van der Waals surface area (Å²) in [5.41, 5.74) is 0.412. The van der Waals surface area contributed by atoms with Gasteiger partial charge in [-0.05, 0) is 29.4 Å². The quantitative estimate of drug-likeness (QED) is 0.912. The molecule has 18 heavy (non-hydrogen) atoms. The molecular weight excluding hydrogens is 252 g/mol. The van der Waals surface area contributed by atoms with Crippen LogP contribution in [0.1, 0.15) is 34.6 Å². The first kappa shape index (κ1) is 13.3. The highest BCUT2D eigenvalue weighted by Gasteiger charge is 2.65. The van der Waals surface area contributed by atoms with E-state index in [0.717, 1.165) is 0 Å². The van der Waals surface area contributed by atoms with E-state index in [-0.39, 0.29) is 22.1 Å². The SMILES string of the molecule is CCOc1nc(Cl)nc(NC2C(C)(C)C2(C)C)n1. The molecule has 1 aliphatic carbocycles. The fraction of sp³-hybridized carbons (Fsp3) is 0.750. The molecule has 0 radical (unpaired) electrons. The van der Waals surface area contributed by atoms with Gasteiger partial charge in [0.25, 0.3) is 0 Å². The van der Waals surface area contributed by atoms with E-state index in [4.69, 9.17) is 16.3 Å². The molecule has 0 bridgehead atoms. The van der Waals surface area contributed by atoms with E-state index in [9.17, 15) is 0 Å². The molecule has 6 heteroatoms. The number of hydrogen-bond acceptors (Lipinski definition) is 5. The zero-order chi connectivity index (χ0) is 13.6. The predicted molar refractivity (Wildman–Crippen MR) is 71.0 cm³/mol. The predicted octanol–water partition coefficient (Wildman–Crippen LogP) is 2.77. The van der Waals surface area contributed by atoms with Crippen LogP contribution in [0.3, 0.4) is 0 Å².